The first-order valence-electron chi connectivity index (χ1n) is 5.56. The fourth-order valence-corrected chi connectivity index (χ4v) is 2.25. The Kier molecular flexibility index (Phi) is 2.09. The summed E-state index contributed by atoms with van der Waals surface area (Å²) in [7, 11) is 0. The van der Waals surface area contributed by atoms with E-state index in [9.17, 15) is 5.11 Å². The Morgan fingerprint density at radius 1 is 1.31 bits per heavy atom. The summed E-state index contributed by atoms with van der Waals surface area (Å²) in [6.45, 7) is 0.501. The van der Waals surface area contributed by atoms with Gasteiger partial charge in [0.05, 0.1) is 0 Å². The van der Waals surface area contributed by atoms with Crippen LogP contribution in [0.25, 0.3) is 0 Å². The molecule has 3 rings (SSSR count). The summed E-state index contributed by atoms with van der Waals surface area (Å²) < 4.78 is 10.5. The second-order valence-electron chi connectivity index (χ2n) is 4.47. The molecule has 1 fully saturated rings. The second kappa shape index (κ2) is 3.37. The number of ether oxygens (including phenoxy) is 2. The van der Waals surface area contributed by atoms with Gasteiger partial charge in [0.25, 0.3) is 0 Å². The summed E-state index contributed by atoms with van der Waals surface area (Å²) in [5, 5.41) is 10.5. The normalized spacial score (nSPS) is 21.9. The molecule has 1 aliphatic heterocycles. The topological polar surface area (TPSA) is 64.7 Å². The molecule has 1 unspecified atom stereocenters. The third-order valence-electron chi connectivity index (χ3n) is 3.44. The van der Waals surface area contributed by atoms with Crippen LogP contribution in [0.1, 0.15) is 18.4 Å². The minimum atomic E-state index is -0.902. The molecule has 0 aromatic heterocycles. The number of hydrogen-bond acceptors (Lipinski definition) is 4. The van der Waals surface area contributed by atoms with E-state index < -0.39 is 5.60 Å². The van der Waals surface area contributed by atoms with E-state index in [0.29, 0.717) is 5.75 Å². The van der Waals surface area contributed by atoms with Crippen LogP contribution in [0, 0.1) is 5.92 Å². The number of hydrogen-bond donors (Lipinski definition) is 2. The molecular formula is C12H15NO3. The highest BCUT2D eigenvalue weighted by Crippen LogP contribution is 2.47. The van der Waals surface area contributed by atoms with E-state index in [0.717, 1.165) is 24.2 Å². The first-order valence-corrected chi connectivity index (χ1v) is 5.56. The number of aliphatic hydroxyl groups is 1. The minimum absolute atomic E-state index is 0.247. The molecule has 0 spiro atoms. The predicted octanol–water partition coefficient (Wildman–Crippen LogP) is 0.972. The van der Waals surface area contributed by atoms with Crippen molar-refractivity contribution < 1.29 is 14.6 Å². The lowest BCUT2D eigenvalue weighted by Crippen LogP contribution is -2.37. The summed E-state index contributed by atoms with van der Waals surface area (Å²) in [4.78, 5) is 0. The largest absolute Gasteiger partial charge is 0.454 e. The van der Waals surface area contributed by atoms with Crippen molar-refractivity contribution >= 4 is 0 Å². The molecular weight excluding hydrogens is 206 g/mol. The molecule has 1 saturated carbocycles. The van der Waals surface area contributed by atoms with Gasteiger partial charge in [0.2, 0.25) is 6.79 Å². The van der Waals surface area contributed by atoms with Crippen LogP contribution in [0.2, 0.25) is 0 Å². The van der Waals surface area contributed by atoms with Crippen LogP contribution in [0.15, 0.2) is 18.2 Å². The molecule has 4 nitrogen and oxygen atoms in total. The van der Waals surface area contributed by atoms with Gasteiger partial charge >= 0.3 is 0 Å². The summed E-state index contributed by atoms with van der Waals surface area (Å²) in [5.74, 6) is 1.72. The summed E-state index contributed by atoms with van der Waals surface area (Å²) >= 11 is 0. The fourth-order valence-electron chi connectivity index (χ4n) is 2.25. The Bertz CT molecular complexity index is 417. The highest BCUT2D eigenvalue weighted by molar-refractivity contribution is 5.46. The van der Waals surface area contributed by atoms with Crippen LogP contribution in [-0.2, 0) is 5.60 Å². The third kappa shape index (κ3) is 1.37. The van der Waals surface area contributed by atoms with E-state index in [1.807, 2.05) is 18.2 Å². The Balaban J connectivity index is 1.99. The summed E-state index contributed by atoms with van der Waals surface area (Å²) in [6.07, 6.45) is 2.09. The zero-order valence-corrected chi connectivity index (χ0v) is 8.98. The van der Waals surface area contributed by atoms with E-state index in [-0.39, 0.29) is 19.3 Å². The standard InChI is InChI=1S/C12H15NO3/c13-6-12(14,8-1-2-8)9-3-4-10-11(5-9)16-7-15-10/h3-5,8,14H,1-2,6-7,13H2. The Labute approximate surface area is 94.0 Å². The molecule has 16 heavy (non-hydrogen) atoms. The molecule has 0 amide bonds. The number of fused-ring (bicyclic) bond motifs is 1. The van der Waals surface area contributed by atoms with Crippen molar-refractivity contribution in [2.24, 2.45) is 11.7 Å². The van der Waals surface area contributed by atoms with E-state index in [1.54, 1.807) is 0 Å². The quantitative estimate of drug-likeness (QED) is 0.798. The average Bonchev–Trinajstić information content (AvgIpc) is 3.06. The first-order chi connectivity index (χ1) is 7.74. The van der Waals surface area contributed by atoms with E-state index >= 15 is 0 Å². The van der Waals surface area contributed by atoms with E-state index in [1.165, 1.54) is 0 Å². The van der Waals surface area contributed by atoms with Crippen LogP contribution in [-0.4, -0.2) is 18.4 Å². The van der Waals surface area contributed by atoms with Crippen molar-refractivity contribution in [3.05, 3.63) is 23.8 Å². The van der Waals surface area contributed by atoms with Crippen molar-refractivity contribution in [1.82, 2.24) is 0 Å². The van der Waals surface area contributed by atoms with Gasteiger partial charge in [-0.25, -0.2) is 0 Å². The molecule has 0 saturated heterocycles. The molecule has 86 valence electrons. The highest BCUT2D eigenvalue weighted by Gasteiger charge is 2.44. The molecule has 2 aliphatic rings. The Morgan fingerprint density at radius 2 is 2.06 bits per heavy atom. The molecule has 3 N–H and O–H groups in total. The van der Waals surface area contributed by atoms with Crippen molar-refractivity contribution in [3.8, 4) is 11.5 Å². The Hall–Kier alpha value is -1.26. The zero-order chi connectivity index (χ0) is 11.2. The SMILES string of the molecule is NCC(O)(c1ccc2c(c1)OCO2)C1CC1. The third-order valence-corrected chi connectivity index (χ3v) is 3.44. The lowest BCUT2D eigenvalue weighted by atomic mass is 9.88. The summed E-state index contributed by atoms with van der Waals surface area (Å²) in [5.41, 5.74) is 5.64. The van der Waals surface area contributed by atoms with Gasteiger partial charge in [0.1, 0.15) is 5.60 Å². The monoisotopic (exact) mass is 221 g/mol. The lowest BCUT2D eigenvalue weighted by molar-refractivity contribution is 0.0220. The zero-order valence-electron chi connectivity index (χ0n) is 8.98. The lowest BCUT2D eigenvalue weighted by Gasteiger charge is -2.27. The van der Waals surface area contributed by atoms with Gasteiger partial charge in [-0.15, -0.1) is 0 Å². The number of nitrogens with two attached hydrogens (primary N) is 1. The van der Waals surface area contributed by atoms with Crippen LogP contribution in [0.4, 0.5) is 0 Å². The van der Waals surface area contributed by atoms with Gasteiger partial charge in [-0.3, -0.25) is 0 Å². The molecule has 1 aliphatic carbocycles. The molecule has 0 bridgehead atoms. The molecule has 1 heterocycles. The molecule has 1 aromatic carbocycles. The van der Waals surface area contributed by atoms with Crippen LogP contribution < -0.4 is 15.2 Å². The maximum absolute atomic E-state index is 10.5. The molecule has 1 aromatic rings. The minimum Gasteiger partial charge on any atom is -0.454 e. The van der Waals surface area contributed by atoms with Crippen LogP contribution >= 0.6 is 0 Å². The van der Waals surface area contributed by atoms with Gasteiger partial charge in [-0.1, -0.05) is 6.07 Å². The maximum atomic E-state index is 10.5. The van der Waals surface area contributed by atoms with E-state index in [2.05, 4.69) is 0 Å². The smallest absolute Gasteiger partial charge is 0.231 e. The van der Waals surface area contributed by atoms with Crippen LogP contribution in [0.5, 0.6) is 11.5 Å². The highest BCUT2D eigenvalue weighted by atomic mass is 16.7. The maximum Gasteiger partial charge on any atom is 0.231 e. The van der Waals surface area contributed by atoms with Gasteiger partial charge in [0, 0.05) is 6.54 Å². The number of rotatable bonds is 3. The van der Waals surface area contributed by atoms with Crippen molar-refractivity contribution in [3.63, 3.8) is 0 Å². The average molecular weight is 221 g/mol. The van der Waals surface area contributed by atoms with E-state index in [4.69, 9.17) is 15.2 Å². The molecule has 4 heteroatoms. The van der Waals surface area contributed by atoms with Gasteiger partial charge in [0.15, 0.2) is 11.5 Å². The fraction of sp³-hybridized carbons (Fsp3) is 0.500. The summed E-state index contributed by atoms with van der Waals surface area (Å²) in [6, 6.07) is 5.55. The van der Waals surface area contributed by atoms with Gasteiger partial charge < -0.3 is 20.3 Å². The second-order valence-corrected chi connectivity index (χ2v) is 4.47. The van der Waals surface area contributed by atoms with Crippen molar-refractivity contribution in [1.29, 1.82) is 0 Å². The van der Waals surface area contributed by atoms with Crippen molar-refractivity contribution in [2.75, 3.05) is 13.3 Å². The van der Waals surface area contributed by atoms with Gasteiger partial charge in [-0.05, 0) is 36.5 Å². The first kappa shape index (κ1) is 9.93. The molecule has 0 radical (unpaired) electrons. The van der Waals surface area contributed by atoms with Crippen molar-refractivity contribution in [2.45, 2.75) is 18.4 Å². The van der Waals surface area contributed by atoms with Gasteiger partial charge in [-0.2, -0.15) is 0 Å². The predicted molar refractivity (Wildman–Crippen MR) is 58.2 cm³/mol. The number of benzene rings is 1. The molecule has 1 atom stereocenters. The Morgan fingerprint density at radius 3 is 2.75 bits per heavy atom. The van der Waals surface area contributed by atoms with Crippen LogP contribution in [0.3, 0.4) is 0 Å².